The van der Waals surface area contributed by atoms with E-state index < -0.39 is 0 Å². The molecule has 2 heteroatoms. The summed E-state index contributed by atoms with van der Waals surface area (Å²) in [5, 5.41) is 0. The maximum absolute atomic E-state index is 4.81. The third kappa shape index (κ3) is 8.73. The first-order valence-electron chi connectivity index (χ1n) is 11.6. The van der Waals surface area contributed by atoms with Crippen LogP contribution in [0.5, 0.6) is 0 Å². The molecule has 2 atom stereocenters. The van der Waals surface area contributed by atoms with Crippen molar-refractivity contribution in [2.75, 3.05) is 0 Å². The van der Waals surface area contributed by atoms with E-state index >= 15 is 0 Å². The lowest BCUT2D eigenvalue weighted by Crippen LogP contribution is -2.16. The quantitative estimate of drug-likeness (QED) is 0.270. The predicted octanol–water partition coefficient (Wildman–Crippen LogP) is 8.29. The minimum atomic E-state index is 0.583. The first kappa shape index (κ1) is 23.2. The van der Waals surface area contributed by atoms with Crippen molar-refractivity contribution in [1.82, 2.24) is 9.55 Å². The van der Waals surface area contributed by atoms with Gasteiger partial charge in [0.1, 0.15) is 5.82 Å². The molecule has 0 aliphatic heterocycles. The molecule has 0 N–H and O–H groups in total. The van der Waals surface area contributed by atoms with E-state index in [1.165, 1.54) is 89.3 Å². The first-order valence-corrected chi connectivity index (χ1v) is 11.6. The molecule has 0 saturated heterocycles. The van der Waals surface area contributed by atoms with Crippen LogP contribution in [0.25, 0.3) is 0 Å². The monoisotopic (exact) mass is 362 g/mol. The van der Waals surface area contributed by atoms with Crippen LogP contribution < -0.4 is 0 Å². The Balaban J connectivity index is 2.50. The molecule has 1 heterocycles. The van der Waals surface area contributed by atoms with Gasteiger partial charge < -0.3 is 4.57 Å². The second-order valence-corrected chi connectivity index (χ2v) is 8.65. The summed E-state index contributed by atoms with van der Waals surface area (Å²) >= 11 is 0. The van der Waals surface area contributed by atoms with Crippen molar-refractivity contribution in [3.63, 3.8) is 0 Å². The second-order valence-electron chi connectivity index (χ2n) is 8.65. The largest absolute Gasteiger partial charge is 0.332 e. The molecule has 0 amide bonds. The van der Waals surface area contributed by atoms with E-state index in [1.54, 1.807) is 0 Å². The van der Waals surface area contributed by atoms with Gasteiger partial charge in [-0.1, -0.05) is 98.3 Å². The van der Waals surface area contributed by atoms with Crippen LogP contribution in [0, 0.1) is 5.92 Å². The van der Waals surface area contributed by atoms with E-state index in [4.69, 9.17) is 4.98 Å². The number of unbranched alkanes of at least 4 members (excludes halogenated alkanes) is 9. The number of nitrogens with zero attached hydrogens (tertiary/aromatic N) is 2. The van der Waals surface area contributed by atoms with Crippen molar-refractivity contribution < 1.29 is 0 Å². The summed E-state index contributed by atoms with van der Waals surface area (Å²) in [6.45, 7) is 11.7. The van der Waals surface area contributed by atoms with Gasteiger partial charge in [0, 0.05) is 24.4 Å². The Bertz CT molecular complexity index is 435. The average Bonchev–Trinajstić information content (AvgIpc) is 3.10. The summed E-state index contributed by atoms with van der Waals surface area (Å²) in [7, 11) is 0. The highest BCUT2D eigenvalue weighted by atomic mass is 15.1. The van der Waals surface area contributed by atoms with E-state index in [0.717, 1.165) is 0 Å². The molecule has 152 valence electrons. The molecular weight excluding hydrogens is 316 g/mol. The molecule has 0 bridgehead atoms. The normalized spacial score (nSPS) is 14.1. The van der Waals surface area contributed by atoms with Gasteiger partial charge in [-0.3, -0.25) is 0 Å². The summed E-state index contributed by atoms with van der Waals surface area (Å²) < 4.78 is 2.48. The second kappa shape index (κ2) is 14.3. The third-order valence-electron chi connectivity index (χ3n) is 5.90. The Labute approximate surface area is 164 Å². The summed E-state index contributed by atoms with van der Waals surface area (Å²) in [6, 6.07) is 0.583. The van der Waals surface area contributed by atoms with Gasteiger partial charge in [0.2, 0.25) is 0 Å². The lowest BCUT2D eigenvalue weighted by Gasteiger charge is -2.25. The van der Waals surface area contributed by atoms with E-state index in [9.17, 15) is 0 Å². The number of hydrogen-bond acceptors (Lipinski definition) is 1. The smallest absolute Gasteiger partial charge is 0.112 e. The molecule has 2 nitrogen and oxygen atoms in total. The van der Waals surface area contributed by atoms with E-state index in [-0.39, 0.29) is 0 Å². The van der Waals surface area contributed by atoms with Crippen molar-refractivity contribution in [2.45, 2.75) is 130 Å². The highest BCUT2D eigenvalue weighted by Gasteiger charge is 2.22. The third-order valence-corrected chi connectivity index (χ3v) is 5.90. The number of aromatic nitrogens is 2. The number of hydrogen-bond donors (Lipinski definition) is 0. The molecular formula is C24H46N2. The summed E-state index contributed by atoms with van der Waals surface area (Å²) in [5.41, 5.74) is 0. The van der Waals surface area contributed by atoms with Crippen LogP contribution >= 0.6 is 0 Å². The van der Waals surface area contributed by atoms with Crippen LogP contribution in [0.4, 0.5) is 0 Å². The summed E-state index contributed by atoms with van der Waals surface area (Å²) in [4.78, 5) is 4.81. The predicted molar refractivity (Wildman–Crippen MR) is 116 cm³/mol. The maximum Gasteiger partial charge on any atom is 0.112 e. The van der Waals surface area contributed by atoms with Crippen LogP contribution in [-0.2, 0) is 0 Å². The standard InChI is InChI=1S/C24H46N2/c1-6-8-10-12-13-14-16-18-23(21(3)4)24-25-19-20-26(24)22(5)17-15-11-9-7-2/h19-23H,6-18H2,1-5H3. The van der Waals surface area contributed by atoms with Crippen LogP contribution in [0.3, 0.4) is 0 Å². The lowest BCUT2D eigenvalue weighted by molar-refractivity contribution is 0.383. The molecule has 0 saturated carbocycles. The molecule has 1 rings (SSSR count). The van der Waals surface area contributed by atoms with Crippen molar-refractivity contribution in [3.05, 3.63) is 18.2 Å². The molecule has 2 unspecified atom stereocenters. The minimum Gasteiger partial charge on any atom is -0.332 e. The highest BCUT2D eigenvalue weighted by molar-refractivity contribution is 5.03. The van der Waals surface area contributed by atoms with Gasteiger partial charge in [0.15, 0.2) is 0 Å². The van der Waals surface area contributed by atoms with Gasteiger partial charge in [0.25, 0.3) is 0 Å². The molecule has 0 aliphatic carbocycles. The average molecular weight is 363 g/mol. The van der Waals surface area contributed by atoms with E-state index in [2.05, 4.69) is 45.4 Å². The Morgan fingerprint density at radius 1 is 0.769 bits per heavy atom. The van der Waals surface area contributed by atoms with Gasteiger partial charge in [-0.25, -0.2) is 4.98 Å². The zero-order chi connectivity index (χ0) is 19.2. The highest BCUT2D eigenvalue weighted by Crippen LogP contribution is 2.31. The van der Waals surface area contributed by atoms with Gasteiger partial charge in [0.05, 0.1) is 0 Å². The van der Waals surface area contributed by atoms with E-state index in [1.807, 2.05) is 6.20 Å². The molecule has 0 fully saturated rings. The van der Waals surface area contributed by atoms with Gasteiger partial charge in [-0.05, 0) is 25.7 Å². The number of imidazole rings is 1. The molecule has 0 radical (unpaired) electrons. The Hall–Kier alpha value is -0.790. The van der Waals surface area contributed by atoms with Crippen molar-refractivity contribution in [2.24, 2.45) is 5.92 Å². The lowest BCUT2D eigenvalue weighted by atomic mass is 9.89. The maximum atomic E-state index is 4.81. The summed E-state index contributed by atoms with van der Waals surface area (Å²) in [5.74, 6) is 2.62. The van der Waals surface area contributed by atoms with Crippen LogP contribution in [0.1, 0.15) is 136 Å². The van der Waals surface area contributed by atoms with Crippen molar-refractivity contribution >= 4 is 0 Å². The molecule has 0 spiro atoms. The van der Waals surface area contributed by atoms with Crippen molar-refractivity contribution in [3.8, 4) is 0 Å². The molecule has 0 aromatic carbocycles. The topological polar surface area (TPSA) is 17.8 Å². The molecule has 1 aromatic rings. The minimum absolute atomic E-state index is 0.583. The van der Waals surface area contributed by atoms with Crippen LogP contribution in [0.15, 0.2) is 12.4 Å². The molecule has 0 aliphatic rings. The Kier molecular flexibility index (Phi) is 12.8. The van der Waals surface area contributed by atoms with Gasteiger partial charge in [-0.15, -0.1) is 0 Å². The fraction of sp³-hybridized carbons (Fsp3) is 0.875. The van der Waals surface area contributed by atoms with Gasteiger partial charge in [-0.2, -0.15) is 0 Å². The van der Waals surface area contributed by atoms with Crippen LogP contribution in [0.2, 0.25) is 0 Å². The molecule has 1 aromatic heterocycles. The van der Waals surface area contributed by atoms with Crippen molar-refractivity contribution in [1.29, 1.82) is 0 Å². The van der Waals surface area contributed by atoms with E-state index in [0.29, 0.717) is 17.9 Å². The number of rotatable bonds is 16. The van der Waals surface area contributed by atoms with Crippen LogP contribution in [-0.4, -0.2) is 9.55 Å². The zero-order valence-electron chi connectivity index (χ0n) is 18.5. The fourth-order valence-corrected chi connectivity index (χ4v) is 4.07. The fourth-order valence-electron chi connectivity index (χ4n) is 4.07. The Morgan fingerprint density at radius 2 is 1.31 bits per heavy atom. The first-order chi connectivity index (χ1) is 12.6. The van der Waals surface area contributed by atoms with Gasteiger partial charge >= 0.3 is 0 Å². The zero-order valence-corrected chi connectivity index (χ0v) is 18.5. The summed E-state index contributed by atoms with van der Waals surface area (Å²) in [6.07, 6.45) is 22.0. The SMILES string of the molecule is CCCCCCCCCC(c1nccn1C(C)CCCCCC)C(C)C. The Morgan fingerprint density at radius 3 is 1.92 bits per heavy atom. The molecule has 26 heavy (non-hydrogen) atoms.